The van der Waals surface area contributed by atoms with Crippen LogP contribution in [-0.2, 0) is 4.79 Å². The molecule has 1 fully saturated rings. The van der Waals surface area contributed by atoms with Crippen LogP contribution in [0, 0.1) is 0 Å². The third-order valence-electron chi connectivity index (χ3n) is 1.88. The van der Waals surface area contributed by atoms with Crippen molar-refractivity contribution < 1.29 is 9.18 Å². The highest BCUT2D eigenvalue weighted by Gasteiger charge is 2.40. The highest BCUT2D eigenvalue weighted by molar-refractivity contribution is 5.87. The van der Waals surface area contributed by atoms with Crippen LogP contribution in [0.25, 0.3) is 0 Å². The van der Waals surface area contributed by atoms with Gasteiger partial charge in [0.05, 0.1) is 0 Å². The van der Waals surface area contributed by atoms with Gasteiger partial charge in [0, 0.05) is 18.9 Å². The van der Waals surface area contributed by atoms with Crippen molar-refractivity contribution in [2.75, 3.05) is 0 Å². The van der Waals surface area contributed by atoms with Crippen molar-refractivity contribution in [1.82, 2.24) is 5.32 Å². The number of hydrogen-bond donors (Lipinski definition) is 1. The van der Waals surface area contributed by atoms with E-state index in [1.807, 2.05) is 0 Å². The average Bonchev–Trinajstić information content (AvgIpc) is 1.83. The van der Waals surface area contributed by atoms with Crippen LogP contribution in [0.1, 0.15) is 19.8 Å². The fourth-order valence-corrected chi connectivity index (χ4v) is 1.33. The number of alkyl halides is 1. The molecule has 62 valence electrons. The Morgan fingerprint density at radius 2 is 2.36 bits per heavy atom. The Morgan fingerprint density at radius 1 is 1.82 bits per heavy atom. The standard InChI is InChI=1S/C8H12FNO/c1-3-7(11)10-6-4-8(2,9)5-6/h3,6H,1,4-5H2,2H3,(H,10,11). The maximum Gasteiger partial charge on any atom is 0.243 e. The number of carbonyl (C=O) groups excluding carboxylic acids is 1. The van der Waals surface area contributed by atoms with Gasteiger partial charge in [-0.3, -0.25) is 4.79 Å². The summed E-state index contributed by atoms with van der Waals surface area (Å²) in [6.45, 7) is 4.85. The van der Waals surface area contributed by atoms with E-state index in [0.717, 1.165) is 0 Å². The second-order valence-electron chi connectivity index (χ2n) is 3.23. The number of nitrogens with one attached hydrogen (secondary N) is 1. The van der Waals surface area contributed by atoms with E-state index in [9.17, 15) is 9.18 Å². The quantitative estimate of drug-likeness (QED) is 0.599. The van der Waals surface area contributed by atoms with Gasteiger partial charge in [-0.05, 0) is 13.0 Å². The molecule has 0 aliphatic heterocycles. The first-order chi connectivity index (χ1) is 5.03. The van der Waals surface area contributed by atoms with Crippen LogP contribution in [0.2, 0.25) is 0 Å². The number of amides is 1. The normalized spacial score (nSPS) is 35.6. The molecule has 1 rings (SSSR count). The van der Waals surface area contributed by atoms with Crippen molar-refractivity contribution in [2.45, 2.75) is 31.5 Å². The molecule has 3 heteroatoms. The van der Waals surface area contributed by atoms with Crippen molar-refractivity contribution in [3.63, 3.8) is 0 Å². The number of carbonyl (C=O) groups is 1. The van der Waals surface area contributed by atoms with E-state index in [2.05, 4.69) is 11.9 Å². The maximum absolute atomic E-state index is 12.8. The second kappa shape index (κ2) is 2.64. The van der Waals surface area contributed by atoms with E-state index < -0.39 is 5.67 Å². The first kappa shape index (κ1) is 8.24. The zero-order valence-electron chi connectivity index (χ0n) is 6.56. The lowest BCUT2D eigenvalue weighted by Gasteiger charge is -2.38. The van der Waals surface area contributed by atoms with Crippen molar-refractivity contribution >= 4 is 5.91 Å². The summed E-state index contributed by atoms with van der Waals surface area (Å²) in [5, 5.41) is 2.62. The highest BCUT2D eigenvalue weighted by atomic mass is 19.1. The monoisotopic (exact) mass is 157 g/mol. The molecule has 0 unspecified atom stereocenters. The Bertz CT molecular complexity index is 181. The highest BCUT2D eigenvalue weighted by Crippen LogP contribution is 2.35. The summed E-state index contributed by atoms with van der Waals surface area (Å²) in [5.41, 5.74) is -1.07. The molecule has 1 aliphatic carbocycles. The van der Waals surface area contributed by atoms with Crippen LogP contribution in [0.15, 0.2) is 12.7 Å². The van der Waals surface area contributed by atoms with Gasteiger partial charge in [0.2, 0.25) is 5.91 Å². The van der Waals surface area contributed by atoms with Crippen molar-refractivity contribution in [3.05, 3.63) is 12.7 Å². The SMILES string of the molecule is C=CC(=O)NC1CC(C)(F)C1. The molecule has 0 heterocycles. The van der Waals surface area contributed by atoms with Crippen molar-refractivity contribution in [3.8, 4) is 0 Å². The molecular formula is C8H12FNO. The molecule has 1 aliphatic rings. The average molecular weight is 157 g/mol. The summed E-state index contributed by atoms with van der Waals surface area (Å²) < 4.78 is 12.8. The van der Waals surface area contributed by atoms with E-state index in [4.69, 9.17) is 0 Å². The third kappa shape index (κ3) is 2.03. The van der Waals surface area contributed by atoms with Crippen LogP contribution in [0.5, 0.6) is 0 Å². The lowest BCUT2D eigenvalue weighted by molar-refractivity contribution is -0.118. The second-order valence-corrected chi connectivity index (χ2v) is 3.23. The number of rotatable bonds is 2. The molecule has 0 saturated heterocycles. The van der Waals surface area contributed by atoms with Crippen LogP contribution >= 0.6 is 0 Å². The minimum atomic E-state index is -1.07. The molecule has 1 N–H and O–H groups in total. The fraction of sp³-hybridized carbons (Fsp3) is 0.625. The smallest absolute Gasteiger partial charge is 0.243 e. The first-order valence-electron chi connectivity index (χ1n) is 3.65. The minimum absolute atomic E-state index is 0.00972. The summed E-state index contributed by atoms with van der Waals surface area (Å²) in [6.07, 6.45) is 2.05. The topological polar surface area (TPSA) is 29.1 Å². The third-order valence-corrected chi connectivity index (χ3v) is 1.88. The molecule has 0 atom stereocenters. The van der Waals surface area contributed by atoms with Gasteiger partial charge in [0.15, 0.2) is 0 Å². The van der Waals surface area contributed by atoms with Crippen LogP contribution in [0.3, 0.4) is 0 Å². The molecule has 1 saturated carbocycles. The van der Waals surface area contributed by atoms with Crippen molar-refractivity contribution in [2.24, 2.45) is 0 Å². The Kier molecular flexibility index (Phi) is 1.98. The molecule has 11 heavy (non-hydrogen) atoms. The zero-order valence-corrected chi connectivity index (χ0v) is 6.56. The first-order valence-corrected chi connectivity index (χ1v) is 3.65. The zero-order chi connectivity index (χ0) is 8.48. The predicted octanol–water partition coefficient (Wildman–Crippen LogP) is 1.18. The Labute approximate surface area is 65.5 Å². The molecule has 0 spiro atoms. The lowest BCUT2D eigenvalue weighted by atomic mass is 9.79. The summed E-state index contributed by atoms with van der Waals surface area (Å²) in [4.78, 5) is 10.7. The molecule has 1 amide bonds. The Hall–Kier alpha value is -0.860. The summed E-state index contributed by atoms with van der Waals surface area (Å²) >= 11 is 0. The van der Waals surface area contributed by atoms with E-state index in [0.29, 0.717) is 12.8 Å². The molecule has 0 aromatic rings. The maximum atomic E-state index is 12.8. The predicted molar refractivity (Wildman–Crippen MR) is 40.9 cm³/mol. The summed E-state index contributed by atoms with van der Waals surface area (Å²) in [6, 6.07) is 0.00972. The van der Waals surface area contributed by atoms with Gasteiger partial charge in [-0.25, -0.2) is 4.39 Å². The van der Waals surface area contributed by atoms with Crippen LogP contribution in [0.4, 0.5) is 4.39 Å². The molecular weight excluding hydrogens is 145 g/mol. The molecule has 0 radical (unpaired) electrons. The molecule has 0 aromatic carbocycles. The van der Waals surface area contributed by atoms with Gasteiger partial charge in [0.25, 0.3) is 0 Å². The largest absolute Gasteiger partial charge is 0.350 e. The van der Waals surface area contributed by atoms with Gasteiger partial charge in [-0.15, -0.1) is 0 Å². The van der Waals surface area contributed by atoms with E-state index in [-0.39, 0.29) is 11.9 Å². The lowest BCUT2D eigenvalue weighted by Crippen LogP contribution is -2.50. The van der Waals surface area contributed by atoms with E-state index in [1.54, 1.807) is 6.92 Å². The minimum Gasteiger partial charge on any atom is -0.350 e. The Morgan fingerprint density at radius 3 is 2.73 bits per heavy atom. The van der Waals surface area contributed by atoms with Gasteiger partial charge < -0.3 is 5.32 Å². The van der Waals surface area contributed by atoms with E-state index >= 15 is 0 Å². The summed E-state index contributed by atoms with van der Waals surface area (Å²) in [7, 11) is 0. The Balaban J connectivity index is 2.24. The van der Waals surface area contributed by atoms with Crippen LogP contribution < -0.4 is 5.32 Å². The van der Waals surface area contributed by atoms with Gasteiger partial charge in [-0.2, -0.15) is 0 Å². The molecule has 0 bridgehead atoms. The molecule has 2 nitrogen and oxygen atoms in total. The van der Waals surface area contributed by atoms with Crippen molar-refractivity contribution in [1.29, 1.82) is 0 Å². The fourth-order valence-electron chi connectivity index (χ4n) is 1.33. The number of halogens is 1. The van der Waals surface area contributed by atoms with Gasteiger partial charge in [-0.1, -0.05) is 6.58 Å². The van der Waals surface area contributed by atoms with Crippen LogP contribution in [-0.4, -0.2) is 17.6 Å². The summed E-state index contributed by atoms with van der Waals surface area (Å²) in [5.74, 6) is -0.217. The number of hydrogen-bond acceptors (Lipinski definition) is 1. The van der Waals surface area contributed by atoms with Gasteiger partial charge >= 0.3 is 0 Å². The van der Waals surface area contributed by atoms with Gasteiger partial charge in [0.1, 0.15) is 5.67 Å². The van der Waals surface area contributed by atoms with E-state index in [1.165, 1.54) is 6.08 Å². The molecule has 0 aromatic heterocycles.